The lowest BCUT2D eigenvalue weighted by molar-refractivity contribution is -0.125. The van der Waals surface area contributed by atoms with Gasteiger partial charge in [-0.15, -0.1) is 0 Å². The lowest BCUT2D eigenvalue weighted by Crippen LogP contribution is -2.34. The van der Waals surface area contributed by atoms with Gasteiger partial charge >= 0.3 is 0 Å². The molecule has 0 N–H and O–H groups in total. The predicted octanol–water partition coefficient (Wildman–Crippen LogP) is 3.21. The Morgan fingerprint density at radius 3 is 2.73 bits per heavy atom. The molecule has 0 atom stereocenters. The Bertz CT molecular complexity index is 880. The van der Waals surface area contributed by atoms with E-state index < -0.39 is 0 Å². The van der Waals surface area contributed by atoms with Crippen LogP contribution in [0.5, 0.6) is 17.2 Å². The third kappa shape index (κ3) is 4.94. The highest BCUT2D eigenvalue weighted by Crippen LogP contribution is 2.40. The van der Waals surface area contributed by atoms with Gasteiger partial charge in [0.1, 0.15) is 13.2 Å². The van der Waals surface area contributed by atoms with Crippen LogP contribution in [-0.4, -0.2) is 62.2 Å². The van der Waals surface area contributed by atoms with Gasteiger partial charge in [0.15, 0.2) is 11.5 Å². The highest BCUT2D eigenvalue weighted by molar-refractivity contribution is 5.92. The van der Waals surface area contributed by atoms with Crippen molar-refractivity contribution in [2.75, 3.05) is 46.5 Å². The molecular formula is C24H28N2O4. The number of hydrogen-bond acceptors (Lipinski definition) is 5. The van der Waals surface area contributed by atoms with Gasteiger partial charge in [0.25, 0.3) is 0 Å². The molecule has 0 bridgehead atoms. The van der Waals surface area contributed by atoms with Crippen molar-refractivity contribution >= 4 is 12.0 Å². The maximum Gasteiger partial charge on any atom is 0.246 e. The quantitative estimate of drug-likeness (QED) is 0.711. The molecule has 6 heteroatoms. The number of hydrogen-bond donors (Lipinski definition) is 0. The molecule has 1 amide bonds. The smallest absolute Gasteiger partial charge is 0.246 e. The predicted molar refractivity (Wildman–Crippen MR) is 116 cm³/mol. The number of ether oxygens (including phenoxy) is 3. The van der Waals surface area contributed by atoms with Gasteiger partial charge in [0, 0.05) is 38.8 Å². The second-order valence-electron chi connectivity index (χ2n) is 7.52. The van der Waals surface area contributed by atoms with E-state index in [1.807, 2.05) is 29.2 Å². The van der Waals surface area contributed by atoms with E-state index in [4.69, 9.17) is 14.2 Å². The number of methoxy groups -OCH3 is 1. The zero-order valence-corrected chi connectivity index (χ0v) is 17.4. The molecule has 2 aromatic rings. The first-order valence-corrected chi connectivity index (χ1v) is 10.4. The SMILES string of the molecule is COc1cc(/C=C/C(=O)N2CCCN(Cc3ccccc3)CC2)cc2c1OCCO2. The van der Waals surface area contributed by atoms with Crippen molar-refractivity contribution in [3.05, 3.63) is 59.7 Å². The molecule has 2 aliphatic rings. The molecule has 158 valence electrons. The zero-order chi connectivity index (χ0) is 20.8. The highest BCUT2D eigenvalue weighted by Gasteiger charge is 2.19. The van der Waals surface area contributed by atoms with E-state index in [-0.39, 0.29) is 5.91 Å². The maximum absolute atomic E-state index is 12.8. The number of amides is 1. The standard InChI is InChI=1S/C24H28N2O4/c1-28-21-16-20(17-22-24(21)30-15-14-29-22)8-9-23(27)26-11-5-10-25(12-13-26)18-19-6-3-2-4-7-19/h2-4,6-9,16-17H,5,10-15,18H2,1H3/b9-8+. The molecule has 2 aliphatic heterocycles. The van der Waals surface area contributed by atoms with Crippen LogP contribution in [0.3, 0.4) is 0 Å². The second-order valence-corrected chi connectivity index (χ2v) is 7.52. The minimum absolute atomic E-state index is 0.0328. The topological polar surface area (TPSA) is 51.2 Å². The molecule has 1 fully saturated rings. The average molecular weight is 408 g/mol. The van der Waals surface area contributed by atoms with E-state index in [2.05, 4.69) is 29.2 Å². The van der Waals surface area contributed by atoms with E-state index in [1.165, 1.54) is 5.56 Å². The number of carbonyl (C=O) groups is 1. The molecule has 6 nitrogen and oxygen atoms in total. The molecule has 0 aromatic heterocycles. The molecule has 4 rings (SSSR count). The summed E-state index contributed by atoms with van der Waals surface area (Å²) in [4.78, 5) is 17.1. The van der Waals surface area contributed by atoms with Crippen LogP contribution in [0.2, 0.25) is 0 Å². The number of rotatable bonds is 5. The monoisotopic (exact) mass is 408 g/mol. The summed E-state index contributed by atoms with van der Waals surface area (Å²) < 4.78 is 16.7. The van der Waals surface area contributed by atoms with Crippen molar-refractivity contribution in [2.24, 2.45) is 0 Å². The van der Waals surface area contributed by atoms with E-state index in [0.717, 1.165) is 44.7 Å². The van der Waals surface area contributed by atoms with E-state index in [0.29, 0.717) is 30.5 Å². The third-order valence-corrected chi connectivity index (χ3v) is 5.42. The van der Waals surface area contributed by atoms with Crippen LogP contribution in [0.1, 0.15) is 17.5 Å². The molecule has 0 radical (unpaired) electrons. The fourth-order valence-electron chi connectivity index (χ4n) is 3.85. The Morgan fingerprint density at radius 1 is 1.07 bits per heavy atom. The summed E-state index contributed by atoms with van der Waals surface area (Å²) in [7, 11) is 1.60. The van der Waals surface area contributed by atoms with Crippen LogP contribution in [0.4, 0.5) is 0 Å². The fraction of sp³-hybridized carbons (Fsp3) is 0.375. The largest absolute Gasteiger partial charge is 0.493 e. The van der Waals surface area contributed by atoms with Gasteiger partial charge in [-0.3, -0.25) is 9.69 Å². The molecular weight excluding hydrogens is 380 g/mol. The van der Waals surface area contributed by atoms with Gasteiger partial charge in [0.05, 0.1) is 7.11 Å². The summed E-state index contributed by atoms with van der Waals surface area (Å²) >= 11 is 0. The Balaban J connectivity index is 1.37. The van der Waals surface area contributed by atoms with Crippen LogP contribution in [0.25, 0.3) is 6.08 Å². The first-order valence-electron chi connectivity index (χ1n) is 10.4. The van der Waals surface area contributed by atoms with Crippen molar-refractivity contribution < 1.29 is 19.0 Å². The maximum atomic E-state index is 12.8. The highest BCUT2D eigenvalue weighted by atomic mass is 16.6. The first kappa shape index (κ1) is 20.3. The summed E-state index contributed by atoms with van der Waals surface area (Å²) in [5, 5.41) is 0. The van der Waals surface area contributed by atoms with Crippen LogP contribution in [-0.2, 0) is 11.3 Å². The number of carbonyl (C=O) groups excluding carboxylic acids is 1. The molecule has 2 heterocycles. The fourth-order valence-corrected chi connectivity index (χ4v) is 3.85. The first-order chi connectivity index (χ1) is 14.7. The molecule has 1 saturated heterocycles. The van der Waals surface area contributed by atoms with Crippen LogP contribution >= 0.6 is 0 Å². The Morgan fingerprint density at radius 2 is 1.90 bits per heavy atom. The minimum Gasteiger partial charge on any atom is -0.493 e. The van der Waals surface area contributed by atoms with Crippen molar-refractivity contribution in [3.63, 3.8) is 0 Å². The van der Waals surface area contributed by atoms with Gasteiger partial charge < -0.3 is 19.1 Å². The second kappa shape index (κ2) is 9.67. The number of benzene rings is 2. The number of fused-ring (bicyclic) bond motifs is 1. The van der Waals surface area contributed by atoms with Gasteiger partial charge in [-0.25, -0.2) is 0 Å². The average Bonchev–Trinajstić information content (AvgIpc) is 3.03. The van der Waals surface area contributed by atoms with Gasteiger partial charge in [-0.1, -0.05) is 30.3 Å². The van der Waals surface area contributed by atoms with Crippen molar-refractivity contribution in [1.82, 2.24) is 9.80 Å². The summed E-state index contributed by atoms with van der Waals surface area (Å²) in [6.45, 7) is 5.34. The molecule has 0 saturated carbocycles. The molecule has 0 unspecified atom stereocenters. The van der Waals surface area contributed by atoms with Crippen LogP contribution in [0.15, 0.2) is 48.5 Å². The van der Waals surface area contributed by atoms with E-state index >= 15 is 0 Å². The molecule has 0 aliphatic carbocycles. The summed E-state index contributed by atoms with van der Waals surface area (Å²) in [6, 6.07) is 14.2. The van der Waals surface area contributed by atoms with Crippen molar-refractivity contribution in [2.45, 2.75) is 13.0 Å². The molecule has 30 heavy (non-hydrogen) atoms. The van der Waals surface area contributed by atoms with Crippen molar-refractivity contribution in [3.8, 4) is 17.2 Å². The Hall–Kier alpha value is -2.99. The Kier molecular flexibility index (Phi) is 6.54. The molecule has 2 aromatic carbocycles. The zero-order valence-electron chi connectivity index (χ0n) is 17.4. The third-order valence-electron chi connectivity index (χ3n) is 5.42. The minimum atomic E-state index is 0.0328. The van der Waals surface area contributed by atoms with E-state index in [1.54, 1.807) is 13.2 Å². The van der Waals surface area contributed by atoms with Crippen LogP contribution < -0.4 is 14.2 Å². The normalized spacial score (nSPS) is 17.0. The van der Waals surface area contributed by atoms with Gasteiger partial charge in [-0.2, -0.15) is 0 Å². The van der Waals surface area contributed by atoms with E-state index in [9.17, 15) is 4.79 Å². The summed E-state index contributed by atoms with van der Waals surface area (Å²) in [6.07, 6.45) is 4.43. The lowest BCUT2D eigenvalue weighted by atomic mass is 10.1. The van der Waals surface area contributed by atoms with Gasteiger partial charge in [0.2, 0.25) is 11.7 Å². The number of nitrogens with zero attached hydrogens (tertiary/aromatic N) is 2. The summed E-state index contributed by atoms with van der Waals surface area (Å²) in [5.41, 5.74) is 2.16. The van der Waals surface area contributed by atoms with Gasteiger partial charge in [-0.05, 0) is 35.8 Å². The Labute approximate surface area is 177 Å². The summed E-state index contributed by atoms with van der Waals surface area (Å²) in [5.74, 6) is 1.92. The lowest BCUT2D eigenvalue weighted by Gasteiger charge is -2.21. The van der Waals surface area contributed by atoms with Crippen molar-refractivity contribution in [1.29, 1.82) is 0 Å². The molecule has 0 spiro atoms. The van der Waals surface area contributed by atoms with Crippen LogP contribution in [0, 0.1) is 0 Å².